The molecule has 0 bridgehead atoms. The number of nitrogens with zero attached hydrogens (tertiary/aromatic N) is 2. The van der Waals surface area contributed by atoms with Gasteiger partial charge in [-0.3, -0.25) is 14.3 Å². The molecule has 0 saturated heterocycles. The maximum Gasteiger partial charge on any atom is 0.295 e. The summed E-state index contributed by atoms with van der Waals surface area (Å²) in [6.45, 7) is 4.90. The van der Waals surface area contributed by atoms with Gasteiger partial charge in [0.05, 0.1) is 17.9 Å². The zero-order valence-corrected chi connectivity index (χ0v) is 19.5. The van der Waals surface area contributed by atoms with Gasteiger partial charge in [0.15, 0.2) is 0 Å². The Morgan fingerprint density at radius 2 is 1.62 bits per heavy atom. The van der Waals surface area contributed by atoms with Crippen LogP contribution < -0.4 is 15.8 Å². The predicted molar refractivity (Wildman–Crippen MR) is 134 cm³/mol. The summed E-state index contributed by atoms with van der Waals surface area (Å²) in [5, 5.41) is 2.84. The van der Waals surface area contributed by atoms with Crippen molar-refractivity contribution in [1.29, 1.82) is 0 Å². The zero-order chi connectivity index (χ0) is 23.7. The molecule has 1 unspecified atom stereocenters. The minimum Gasteiger partial charge on any atom is -0.327 e. The third-order valence-corrected chi connectivity index (χ3v) is 6.77. The van der Waals surface area contributed by atoms with Crippen LogP contribution in [-0.2, 0) is 26.6 Å². The third kappa shape index (κ3) is 4.20. The first-order valence-electron chi connectivity index (χ1n) is 11.7. The van der Waals surface area contributed by atoms with Crippen LogP contribution in [0.25, 0.3) is 5.69 Å². The van der Waals surface area contributed by atoms with E-state index in [1.807, 2.05) is 68.6 Å². The molecule has 0 spiro atoms. The highest BCUT2D eigenvalue weighted by atomic mass is 16.2. The van der Waals surface area contributed by atoms with Crippen LogP contribution >= 0.6 is 0 Å². The predicted octanol–water partition coefficient (Wildman–Crippen LogP) is 2.88. The van der Waals surface area contributed by atoms with E-state index in [0.717, 1.165) is 31.7 Å². The number of hydrogen-bond acceptors (Lipinski definition) is 2. The Bertz CT molecular complexity index is 1380. The largest absolute Gasteiger partial charge is 0.327 e. The van der Waals surface area contributed by atoms with Crippen molar-refractivity contribution in [3.8, 4) is 5.69 Å². The summed E-state index contributed by atoms with van der Waals surface area (Å²) < 4.78 is 3.32. The highest BCUT2D eigenvalue weighted by Crippen LogP contribution is 2.16. The van der Waals surface area contributed by atoms with Gasteiger partial charge >= 0.3 is 0 Å². The quantitative estimate of drug-likeness (QED) is 0.488. The normalized spacial score (nSPS) is 15.1. The van der Waals surface area contributed by atoms with Crippen molar-refractivity contribution >= 4 is 11.6 Å². The van der Waals surface area contributed by atoms with Crippen LogP contribution in [0.15, 0.2) is 83.7 Å². The second-order valence-electron chi connectivity index (χ2n) is 8.96. The Morgan fingerprint density at radius 3 is 2.35 bits per heavy atom. The van der Waals surface area contributed by atoms with Crippen molar-refractivity contribution in [3.63, 3.8) is 0 Å². The molecule has 1 aliphatic heterocycles. The topological polar surface area (TPSA) is 60.5 Å². The number of fused-ring (bicyclic) bond motifs is 1. The van der Waals surface area contributed by atoms with Gasteiger partial charge in [-0.2, -0.15) is 0 Å². The van der Waals surface area contributed by atoms with Crippen LogP contribution in [0.3, 0.4) is 0 Å². The van der Waals surface area contributed by atoms with Gasteiger partial charge in [-0.1, -0.05) is 54.6 Å². The van der Waals surface area contributed by atoms with E-state index in [-0.39, 0.29) is 11.5 Å². The number of hydrogen-bond donors (Lipinski definition) is 2. The maximum absolute atomic E-state index is 13.1. The monoisotopic (exact) mass is 453 g/mol. The molecule has 1 amide bonds. The molecule has 1 aliphatic rings. The van der Waals surface area contributed by atoms with Crippen molar-refractivity contribution in [2.75, 3.05) is 11.9 Å². The molecule has 6 nitrogen and oxygen atoms in total. The fourth-order valence-electron chi connectivity index (χ4n) is 4.75. The summed E-state index contributed by atoms with van der Waals surface area (Å²) in [4.78, 5) is 27.5. The molecule has 1 atom stereocenters. The highest BCUT2D eigenvalue weighted by Gasteiger charge is 2.20. The van der Waals surface area contributed by atoms with E-state index in [1.165, 1.54) is 21.6 Å². The zero-order valence-electron chi connectivity index (χ0n) is 19.5. The van der Waals surface area contributed by atoms with Crippen molar-refractivity contribution in [2.24, 2.45) is 7.05 Å². The maximum atomic E-state index is 13.1. The second-order valence-corrected chi connectivity index (χ2v) is 8.96. The highest BCUT2D eigenvalue weighted by molar-refractivity contribution is 6.04. The summed E-state index contributed by atoms with van der Waals surface area (Å²) in [7, 11) is 1.81. The number of quaternary nitrogens is 1. The van der Waals surface area contributed by atoms with E-state index in [2.05, 4.69) is 29.6 Å². The number of anilines is 1. The third-order valence-electron chi connectivity index (χ3n) is 6.77. The van der Waals surface area contributed by atoms with Gasteiger partial charge < -0.3 is 10.2 Å². The molecule has 1 aromatic heterocycles. The molecule has 4 aromatic rings. The average molecular weight is 454 g/mol. The summed E-state index contributed by atoms with van der Waals surface area (Å²) in [6, 6.07) is 25.8. The summed E-state index contributed by atoms with van der Waals surface area (Å²) in [6.07, 6.45) is 1.10. The van der Waals surface area contributed by atoms with Crippen LogP contribution in [0, 0.1) is 6.92 Å². The first-order valence-corrected chi connectivity index (χ1v) is 11.7. The lowest BCUT2D eigenvalue weighted by molar-refractivity contribution is -0.929. The number of amides is 1. The van der Waals surface area contributed by atoms with Crippen LogP contribution in [0.2, 0.25) is 0 Å². The second kappa shape index (κ2) is 9.15. The minimum absolute atomic E-state index is 0.245. The van der Waals surface area contributed by atoms with Crippen LogP contribution in [0.5, 0.6) is 0 Å². The Morgan fingerprint density at radius 1 is 0.941 bits per heavy atom. The Labute approximate surface area is 199 Å². The number of rotatable bonds is 5. The fraction of sp³-hybridized carbons (Fsp3) is 0.214. The van der Waals surface area contributed by atoms with E-state index in [0.29, 0.717) is 16.9 Å². The molecule has 0 aliphatic carbocycles. The number of carbonyl (C=O) groups excluding carboxylic acids is 1. The van der Waals surface area contributed by atoms with Gasteiger partial charge in [-0.25, -0.2) is 4.68 Å². The van der Waals surface area contributed by atoms with Crippen LogP contribution in [0.1, 0.15) is 32.7 Å². The number of nitrogens with one attached hydrogen (secondary N) is 2. The summed E-state index contributed by atoms with van der Waals surface area (Å²) in [5.41, 5.74) is 6.14. The lowest BCUT2D eigenvalue weighted by Gasteiger charge is -2.26. The lowest BCUT2D eigenvalue weighted by atomic mass is 9.99. The molecule has 3 aromatic carbocycles. The Balaban J connectivity index is 1.29. The number of aromatic nitrogens is 2. The van der Waals surface area contributed by atoms with E-state index in [9.17, 15) is 9.59 Å². The average Bonchev–Trinajstić information content (AvgIpc) is 3.08. The Kier molecular flexibility index (Phi) is 5.90. The van der Waals surface area contributed by atoms with Crippen LogP contribution in [-0.4, -0.2) is 21.8 Å². The number of para-hydroxylation sites is 1. The molecule has 0 fully saturated rings. The summed E-state index contributed by atoms with van der Waals surface area (Å²) in [5.74, 6) is -0.281. The molecule has 172 valence electrons. The number of carbonyl (C=O) groups is 1. The SMILES string of the molecule is Cc1c(NC(=O)c2ccc(C[NH+]3CCc4ccccc4C3)cc2)c(=O)n(-c2ccccc2)n1C. The van der Waals surface area contributed by atoms with Crippen molar-refractivity contribution < 1.29 is 9.69 Å². The smallest absolute Gasteiger partial charge is 0.295 e. The van der Waals surface area contributed by atoms with Gasteiger partial charge in [0.25, 0.3) is 11.5 Å². The van der Waals surface area contributed by atoms with Gasteiger partial charge in [-0.05, 0) is 36.8 Å². The van der Waals surface area contributed by atoms with E-state index >= 15 is 0 Å². The number of benzene rings is 3. The van der Waals surface area contributed by atoms with Gasteiger partial charge in [0.2, 0.25) is 0 Å². The lowest BCUT2D eigenvalue weighted by Crippen LogP contribution is -3.10. The molecule has 2 N–H and O–H groups in total. The fourth-order valence-corrected chi connectivity index (χ4v) is 4.75. The van der Waals surface area contributed by atoms with Crippen LogP contribution in [0.4, 0.5) is 5.69 Å². The molecular weight excluding hydrogens is 424 g/mol. The van der Waals surface area contributed by atoms with Gasteiger partial charge in [-0.15, -0.1) is 0 Å². The first-order chi connectivity index (χ1) is 16.5. The molecular formula is C28H29N4O2+. The molecule has 0 saturated carbocycles. The standard InChI is InChI=1S/C28H28N4O2/c1-20-26(28(34)32(30(20)2)25-10-4-3-5-11-25)29-27(33)23-14-12-21(13-15-23)18-31-17-16-22-8-6-7-9-24(22)19-31/h3-15H,16-19H2,1-2H3,(H,29,33)/p+1. The van der Waals surface area contributed by atoms with Gasteiger partial charge in [0.1, 0.15) is 18.8 Å². The summed E-state index contributed by atoms with van der Waals surface area (Å²) >= 11 is 0. The molecule has 5 rings (SSSR count). The van der Waals surface area contributed by atoms with Crippen molar-refractivity contribution in [2.45, 2.75) is 26.4 Å². The Hall–Kier alpha value is -3.90. The van der Waals surface area contributed by atoms with E-state index < -0.39 is 0 Å². The van der Waals surface area contributed by atoms with Gasteiger partial charge in [0, 0.05) is 30.2 Å². The van der Waals surface area contributed by atoms with E-state index in [1.54, 1.807) is 9.36 Å². The van der Waals surface area contributed by atoms with E-state index in [4.69, 9.17) is 0 Å². The molecule has 6 heteroatoms. The van der Waals surface area contributed by atoms with Crippen molar-refractivity contribution in [1.82, 2.24) is 9.36 Å². The molecule has 34 heavy (non-hydrogen) atoms. The molecule has 2 heterocycles. The minimum atomic E-state index is -0.281. The first kappa shape index (κ1) is 21.9. The molecule has 0 radical (unpaired) electrons. The van der Waals surface area contributed by atoms with Crippen molar-refractivity contribution in [3.05, 3.63) is 117 Å².